The third-order valence-electron chi connectivity index (χ3n) is 2.76. The Kier molecular flexibility index (Phi) is 3.26. The van der Waals surface area contributed by atoms with E-state index in [9.17, 15) is 13.2 Å². The Balaban J connectivity index is 2.26. The minimum absolute atomic E-state index is 0.0846. The fourth-order valence-electron chi connectivity index (χ4n) is 1.82. The maximum atomic E-state index is 13.1. The van der Waals surface area contributed by atoms with Crippen molar-refractivity contribution in [2.75, 3.05) is 0 Å². The number of rotatable bonds is 1. The molecule has 0 amide bonds. The van der Waals surface area contributed by atoms with Gasteiger partial charge in [0, 0.05) is 5.56 Å². The molecule has 4 nitrogen and oxygen atoms in total. The summed E-state index contributed by atoms with van der Waals surface area (Å²) in [6.07, 6.45) is -3.57. The van der Waals surface area contributed by atoms with Crippen molar-refractivity contribution in [1.82, 2.24) is 19.6 Å². The number of hydrogen-bond acceptors (Lipinski definition) is 3. The Hall–Kier alpha value is -1.86. The Morgan fingerprint density at radius 3 is 2.48 bits per heavy atom. The molecule has 0 saturated heterocycles. The zero-order valence-corrected chi connectivity index (χ0v) is 11.6. The molecule has 0 spiro atoms. The number of hydrogen-bond donors (Lipinski definition) is 0. The number of aromatic nitrogens is 4. The third kappa shape index (κ3) is 2.54. The molecule has 3 rings (SSSR count). The van der Waals surface area contributed by atoms with Crippen molar-refractivity contribution >= 4 is 29.0 Å². The van der Waals surface area contributed by atoms with E-state index in [2.05, 4.69) is 15.1 Å². The second kappa shape index (κ2) is 4.85. The Morgan fingerprint density at radius 2 is 1.81 bits per heavy atom. The monoisotopic (exact) mass is 332 g/mol. The van der Waals surface area contributed by atoms with Crippen LogP contribution in [-0.4, -0.2) is 19.6 Å². The van der Waals surface area contributed by atoms with Gasteiger partial charge in [-0.15, -0.1) is 0 Å². The highest BCUT2D eigenvalue weighted by molar-refractivity contribution is 6.42. The highest BCUT2D eigenvalue weighted by Crippen LogP contribution is 2.33. The van der Waals surface area contributed by atoms with Crippen LogP contribution < -0.4 is 0 Å². The van der Waals surface area contributed by atoms with Crippen LogP contribution in [0.5, 0.6) is 0 Å². The van der Waals surface area contributed by atoms with E-state index in [0.29, 0.717) is 15.1 Å². The molecule has 0 saturated carbocycles. The fourth-order valence-corrected chi connectivity index (χ4v) is 2.12. The average Bonchev–Trinajstić information content (AvgIpc) is 2.87. The van der Waals surface area contributed by atoms with E-state index >= 15 is 0 Å². The lowest BCUT2D eigenvalue weighted by molar-refractivity contribution is -0.142. The number of halogens is 5. The zero-order chi connectivity index (χ0) is 15.2. The first-order valence-corrected chi connectivity index (χ1v) is 6.35. The van der Waals surface area contributed by atoms with E-state index in [1.165, 1.54) is 18.2 Å². The van der Waals surface area contributed by atoms with E-state index in [1.807, 2.05) is 0 Å². The summed E-state index contributed by atoms with van der Waals surface area (Å²) >= 11 is 11.7. The number of nitrogens with zero attached hydrogens (tertiary/aromatic N) is 4. The van der Waals surface area contributed by atoms with Gasteiger partial charge in [-0.3, -0.25) is 0 Å². The molecule has 0 N–H and O–H groups in total. The van der Waals surface area contributed by atoms with E-state index in [0.717, 1.165) is 12.4 Å². The van der Waals surface area contributed by atoms with E-state index in [1.54, 1.807) is 0 Å². The van der Waals surface area contributed by atoms with Gasteiger partial charge >= 0.3 is 6.18 Å². The van der Waals surface area contributed by atoms with Gasteiger partial charge in [-0.05, 0) is 18.2 Å². The standard InChI is InChI=1S/C12H5Cl2F3N4/c13-7-2-1-6(3-8(7)14)9-4-10(12(15,16)17)21-11(20-9)18-5-19-21/h1-5H. The van der Waals surface area contributed by atoms with Crippen LogP contribution in [0, 0.1) is 0 Å². The predicted molar refractivity (Wildman–Crippen MR) is 71.2 cm³/mol. The summed E-state index contributed by atoms with van der Waals surface area (Å²) in [5.74, 6) is -0.147. The van der Waals surface area contributed by atoms with Crippen LogP contribution in [-0.2, 0) is 6.18 Å². The largest absolute Gasteiger partial charge is 0.433 e. The molecule has 2 heterocycles. The lowest BCUT2D eigenvalue weighted by atomic mass is 10.1. The molecule has 3 aromatic rings. The molecule has 0 unspecified atom stereocenters. The fraction of sp³-hybridized carbons (Fsp3) is 0.0833. The molecular formula is C12H5Cl2F3N4. The van der Waals surface area contributed by atoms with Gasteiger partial charge in [0.25, 0.3) is 5.78 Å². The molecule has 21 heavy (non-hydrogen) atoms. The molecule has 0 atom stereocenters. The van der Waals surface area contributed by atoms with E-state index in [4.69, 9.17) is 23.2 Å². The van der Waals surface area contributed by atoms with Gasteiger partial charge in [-0.25, -0.2) is 4.98 Å². The van der Waals surface area contributed by atoms with E-state index in [-0.39, 0.29) is 16.5 Å². The topological polar surface area (TPSA) is 43.1 Å². The van der Waals surface area contributed by atoms with Crippen LogP contribution in [0.2, 0.25) is 10.0 Å². The molecule has 2 aromatic heterocycles. The summed E-state index contributed by atoms with van der Waals surface area (Å²) in [7, 11) is 0. The third-order valence-corrected chi connectivity index (χ3v) is 3.50. The minimum Gasteiger partial charge on any atom is -0.211 e. The SMILES string of the molecule is FC(F)(F)c1cc(-c2ccc(Cl)c(Cl)c2)nc2ncnn12. The Labute approximate surface area is 126 Å². The van der Waals surface area contributed by atoms with Crippen molar-refractivity contribution in [1.29, 1.82) is 0 Å². The molecule has 9 heteroatoms. The highest BCUT2D eigenvalue weighted by atomic mass is 35.5. The summed E-state index contributed by atoms with van der Waals surface area (Å²) in [5.41, 5.74) is -0.479. The first kappa shape index (κ1) is 14.1. The van der Waals surface area contributed by atoms with Crippen molar-refractivity contribution in [3.05, 3.63) is 46.3 Å². The van der Waals surface area contributed by atoms with Gasteiger partial charge in [0.2, 0.25) is 0 Å². The van der Waals surface area contributed by atoms with Crippen LogP contribution in [0.3, 0.4) is 0 Å². The van der Waals surface area contributed by atoms with Gasteiger partial charge in [0.1, 0.15) is 6.33 Å². The summed E-state index contributed by atoms with van der Waals surface area (Å²) in [6.45, 7) is 0. The Morgan fingerprint density at radius 1 is 1.05 bits per heavy atom. The van der Waals surface area contributed by atoms with Gasteiger partial charge in [0.15, 0.2) is 5.69 Å². The smallest absolute Gasteiger partial charge is 0.211 e. The van der Waals surface area contributed by atoms with Gasteiger partial charge in [0.05, 0.1) is 15.7 Å². The zero-order valence-electron chi connectivity index (χ0n) is 10.1. The molecule has 0 aliphatic heterocycles. The predicted octanol–water partition coefficient (Wildman–Crippen LogP) is 4.12. The van der Waals surface area contributed by atoms with Crippen LogP contribution in [0.1, 0.15) is 5.69 Å². The summed E-state index contributed by atoms with van der Waals surface area (Å²) in [4.78, 5) is 7.74. The van der Waals surface area contributed by atoms with Crippen molar-refractivity contribution in [2.24, 2.45) is 0 Å². The maximum absolute atomic E-state index is 13.1. The van der Waals surface area contributed by atoms with Crippen LogP contribution in [0.15, 0.2) is 30.6 Å². The summed E-state index contributed by atoms with van der Waals surface area (Å²) in [6, 6.07) is 5.35. The average molecular weight is 333 g/mol. The molecule has 108 valence electrons. The Bertz CT molecular complexity index is 829. The van der Waals surface area contributed by atoms with Crippen LogP contribution >= 0.6 is 23.2 Å². The quantitative estimate of drug-likeness (QED) is 0.673. The lowest BCUT2D eigenvalue weighted by Crippen LogP contribution is -2.13. The molecule has 0 bridgehead atoms. The van der Waals surface area contributed by atoms with E-state index < -0.39 is 11.9 Å². The molecular weight excluding hydrogens is 328 g/mol. The minimum atomic E-state index is -4.58. The van der Waals surface area contributed by atoms with Crippen LogP contribution in [0.4, 0.5) is 13.2 Å². The second-order valence-electron chi connectivity index (χ2n) is 4.13. The molecule has 0 radical (unpaired) electrons. The van der Waals surface area contributed by atoms with Crippen molar-refractivity contribution < 1.29 is 13.2 Å². The lowest BCUT2D eigenvalue weighted by Gasteiger charge is -2.10. The normalized spacial score (nSPS) is 12.0. The maximum Gasteiger partial charge on any atom is 0.433 e. The summed E-state index contributed by atoms with van der Waals surface area (Å²) < 4.78 is 39.9. The number of fused-ring (bicyclic) bond motifs is 1. The van der Waals surface area contributed by atoms with Crippen molar-refractivity contribution in [3.63, 3.8) is 0 Å². The van der Waals surface area contributed by atoms with Gasteiger partial charge in [-0.2, -0.15) is 27.8 Å². The first-order valence-electron chi connectivity index (χ1n) is 5.59. The van der Waals surface area contributed by atoms with Crippen LogP contribution in [0.25, 0.3) is 17.0 Å². The summed E-state index contributed by atoms with van der Waals surface area (Å²) in [5, 5.41) is 4.06. The highest BCUT2D eigenvalue weighted by Gasteiger charge is 2.35. The van der Waals surface area contributed by atoms with Gasteiger partial charge < -0.3 is 0 Å². The van der Waals surface area contributed by atoms with Gasteiger partial charge in [-0.1, -0.05) is 29.3 Å². The van der Waals surface area contributed by atoms with Crippen molar-refractivity contribution in [3.8, 4) is 11.3 Å². The molecule has 1 aromatic carbocycles. The molecule has 0 aliphatic rings. The van der Waals surface area contributed by atoms with Crippen molar-refractivity contribution in [2.45, 2.75) is 6.18 Å². The second-order valence-corrected chi connectivity index (χ2v) is 4.94. The number of benzene rings is 1. The number of alkyl halides is 3. The molecule has 0 aliphatic carbocycles. The first-order chi connectivity index (χ1) is 9.86. The molecule has 0 fully saturated rings.